The maximum atomic E-state index is 11.9. The molecule has 19 heavy (non-hydrogen) atoms. The summed E-state index contributed by atoms with van der Waals surface area (Å²) < 4.78 is 0. The van der Waals surface area contributed by atoms with Crippen LogP contribution in [0.15, 0.2) is 48.7 Å². The number of amides is 1. The van der Waals surface area contributed by atoms with Crippen molar-refractivity contribution in [2.45, 2.75) is 6.92 Å². The van der Waals surface area contributed by atoms with Crippen molar-refractivity contribution in [3.05, 3.63) is 59.8 Å². The van der Waals surface area contributed by atoms with Crippen molar-refractivity contribution in [1.29, 1.82) is 0 Å². The Balaban J connectivity index is 1.99. The van der Waals surface area contributed by atoms with E-state index in [1.54, 1.807) is 30.5 Å². The molecule has 0 aliphatic carbocycles. The second-order valence-electron chi connectivity index (χ2n) is 3.94. The maximum absolute atomic E-state index is 11.9. The van der Waals surface area contributed by atoms with E-state index in [9.17, 15) is 4.79 Å². The van der Waals surface area contributed by atoms with Gasteiger partial charge in [0.25, 0.3) is 5.91 Å². The first-order valence-corrected chi connectivity index (χ1v) is 6.16. The Hall–Kier alpha value is -2.27. The molecule has 0 saturated heterocycles. The number of benzene rings is 1. The van der Waals surface area contributed by atoms with Crippen LogP contribution in [0.25, 0.3) is 0 Å². The summed E-state index contributed by atoms with van der Waals surface area (Å²) in [6.45, 7) is 1.91. The van der Waals surface area contributed by atoms with Crippen molar-refractivity contribution in [1.82, 2.24) is 10.3 Å². The van der Waals surface area contributed by atoms with Crippen molar-refractivity contribution in [3.8, 4) is 0 Å². The largest absolute Gasteiger partial charge is 0.317 e. The molecule has 0 unspecified atom stereocenters. The van der Waals surface area contributed by atoms with E-state index in [0.29, 0.717) is 11.4 Å². The van der Waals surface area contributed by atoms with Gasteiger partial charge in [-0.3, -0.25) is 10.1 Å². The minimum Gasteiger partial charge on any atom is -0.317 e. The van der Waals surface area contributed by atoms with Crippen LogP contribution >= 0.6 is 12.2 Å². The number of hydrogen-bond donors (Lipinski definition) is 2. The first-order valence-electron chi connectivity index (χ1n) is 5.76. The predicted molar refractivity (Wildman–Crippen MR) is 79.1 cm³/mol. The number of aromatic nitrogens is 1. The molecule has 4 nitrogen and oxygen atoms in total. The molecule has 0 bridgehead atoms. The van der Waals surface area contributed by atoms with E-state index in [1.165, 1.54) is 0 Å². The molecule has 1 amide bonds. The average Bonchev–Trinajstić information content (AvgIpc) is 2.42. The molecule has 0 radical (unpaired) electrons. The summed E-state index contributed by atoms with van der Waals surface area (Å²) in [5.74, 6) is 0.396. The topological polar surface area (TPSA) is 54.0 Å². The predicted octanol–water partition coefficient (Wildman–Crippen LogP) is 2.52. The molecule has 0 saturated carbocycles. The van der Waals surface area contributed by atoms with Gasteiger partial charge in [-0.15, -0.1) is 0 Å². The van der Waals surface area contributed by atoms with Crippen LogP contribution in [0.5, 0.6) is 0 Å². The first kappa shape index (κ1) is 13.2. The van der Waals surface area contributed by atoms with Crippen LogP contribution in [0.4, 0.5) is 5.82 Å². The first-order chi connectivity index (χ1) is 9.16. The Morgan fingerprint density at radius 3 is 2.58 bits per heavy atom. The normalized spacial score (nSPS) is 9.74. The van der Waals surface area contributed by atoms with Gasteiger partial charge in [0.1, 0.15) is 5.82 Å². The monoisotopic (exact) mass is 271 g/mol. The Kier molecular flexibility index (Phi) is 4.20. The molecule has 96 valence electrons. The van der Waals surface area contributed by atoms with E-state index in [1.807, 2.05) is 25.1 Å². The summed E-state index contributed by atoms with van der Waals surface area (Å²) in [6.07, 6.45) is 1.66. The molecule has 2 rings (SSSR count). The van der Waals surface area contributed by atoms with Crippen LogP contribution in [0.3, 0.4) is 0 Å². The molecule has 1 aromatic heterocycles. The summed E-state index contributed by atoms with van der Waals surface area (Å²) in [5, 5.41) is 5.74. The number of carbonyl (C=O) groups excluding carboxylic acids is 1. The number of anilines is 1. The van der Waals surface area contributed by atoms with E-state index in [-0.39, 0.29) is 11.0 Å². The van der Waals surface area contributed by atoms with Crippen molar-refractivity contribution in [2.24, 2.45) is 0 Å². The smallest absolute Gasteiger partial charge is 0.257 e. The zero-order valence-electron chi connectivity index (χ0n) is 10.4. The number of pyridine rings is 1. The fourth-order valence-electron chi connectivity index (χ4n) is 1.52. The van der Waals surface area contributed by atoms with Crippen LogP contribution in [0.1, 0.15) is 15.9 Å². The number of rotatable bonds is 2. The molecule has 2 N–H and O–H groups in total. The summed E-state index contributed by atoms with van der Waals surface area (Å²) in [7, 11) is 0. The second-order valence-corrected chi connectivity index (χ2v) is 4.35. The number of nitrogens with one attached hydrogen (secondary N) is 2. The zero-order valence-corrected chi connectivity index (χ0v) is 11.2. The van der Waals surface area contributed by atoms with Gasteiger partial charge < -0.3 is 5.32 Å². The molecular formula is C14H13N3OS. The highest BCUT2D eigenvalue weighted by Crippen LogP contribution is 2.08. The van der Waals surface area contributed by atoms with Gasteiger partial charge in [-0.2, -0.15) is 0 Å². The summed E-state index contributed by atoms with van der Waals surface area (Å²) in [4.78, 5) is 16.0. The number of nitrogens with zero attached hydrogens (tertiary/aromatic N) is 1. The van der Waals surface area contributed by atoms with Crippen LogP contribution < -0.4 is 10.6 Å². The third-order valence-corrected chi connectivity index (χ3v) is 2.71. The Morgan fingerprint density at radius 2 is 1.89 bits per heavy atom. The van der Waals surface area contributed by atoms with E-state index in [0.717, 1.165) is 5.56 Å². The third kappa shape index (κ3) is 3.59. The van der Waals surface area contributed by atoms with Crippen LogP contribution in [-0.2, 0) is 0 Å². The number of aryl methyl sites for hydroxylation is 1. The highest BCUT2D eigenvalue weighted by atomic mass is 32.1. The lowest BCUT2D eigenvalue weighted by Gasteiger charge is -2.10. The number of hydrogen-bond acceptors (Lipinski definition) is 3. The summed E-state index contributed by atoms with van der Waals surface area (Å²) >= 11 is 5.09. The number of carbonyl (C=O) groups is 1. The highest BCUT2D eigenvalue weighted by molar-refractivity contribution is 7.80. The quantitative estimate of drug-likeness (QED) is 0.824. The average molecular weight is 271 g/mol. The van der Waals surface area contributed by atoms with Gasteiger partial charge in [0.2, 0.25) is 0 Å². The van der Waals surface area contributed by atoms with Gasteiger partial charge in [-0.25, -0.2) is 4.98 Å². The Labute approximate surface area is 116 Å². The molecule has 1 aromatic carbocycles. The van der Waals surface area contributed by atoms with E-state index >= 15 is 0 Å². The van der Waals surface area contributed by atoms with Crippen molar-refractivity contribution >= 4 is 29.1 Å². The minimum atomic E-state index is -0.244. The van der Waals surface area contributed by atoms with Gasteiger partial charge in [0.05, 0.1) is 0 Å². The molecule has 0 fully saturated rings. The maximum Gasteiger partial charge on any atom is 0.257 e. The molecule has 0 aliphatic heterocycles. The molecule has 0 atom stereocenters. The lowest BCUT2D eigenvalue weighted by atomic mass is 10.2. The standard InChI is InChI=1S/C14H13N3OS/c1-10-6-5-9-15-12(10)16-14(19)17-13(18)11-7-3-2-4-8-11/h2-9H,1H3,(H2,15,16,17,18,19). The Morgan fingerprint density at radius 1 is 1.16 bits per heavy atom. The van der Waals surface area contributed by atoms with Crippen molar-refractivity contribution in [2.75, 3.05) is 5.32 Å². The van der Waals surface area contributed by atoms with Gasteiger partial charge >= 0.3 is 0 Å². The molecule has 5 heteroatoms. The Bertz CT molecular complexity index is 599. The van der Waals surface area contributed by atoms with E-state index < -0.39 is 0 Å². The fraction of sp³-hybridized carbons (Fsp3) is 0.0714. The summed E-state index contributed by atoms with van der Waals surface area (Å²) in [6, 6.07) is 12.7. The molecule has 0 spiro atoms. The lowest BCUT2D eigenvalue weighted by molar-refractivity contribution is 0.0977. The van der Waals surface area contributed by atoms with Crippen LogP contribution in [0.2, 0.25) is 0 Å². The van der Waals surface area contributed by atoms with Gasteiger partial charge in [0.15, 0.2) is 5.11 Å². The van der Waals surface area contributed by atoms with Crippen molar-refractivity contribution in [3.63, 3.8) is 0 Å². The molecule has 1 heterocycles. The highest BCUT2D eigenvalue weighted by Gasteiger charge is 2.08. The lowest BCUT2D eigenvalue weighted by Crippen LogP contribution is -2.34. The van der Waals surface area contributed by atoms with Gasteiger partial charge in [-0.1, -0.05) is 24.3 Å². The number of thiocarbonyl (C=S) groups is 1. The molecular weight excluding hydrogens is 258 g/mol. The van der Waals surface area contributed by atoms with Crippen molar-refractivity contribution < 1.29 is 4.79 Å². The minimum absolute atomic E-state index is 0.232. The fourth-order valence-corrected chi connectivity index (χ4v) is 1.71. The van der Waals surface area contributed by atoms with Gasteiger partial charge in [0, 0.05) is 11.8 Å². The SMILES string of the molecule is Cc1cccnc1NC(=S)NC(=O)c1ccccc1. The zero-order chi connectivity index (χ0) is 13.7. The third-order valence-electron chi connectivity index (χ3n) is 2.50. The second kappa shape index (κ2) is 6.06. The van der Waals surface area contributed by atoms with Crippen LogP contribution in [0, 0.1) is 6.92 Å². The van der Waals surface area contributed by atoms with E-state index in [4.69, 9.17) is 12.2 Å². The summed E-state index contributed by atoms with van der Waals surface area (Å²) in [5.41, 5.74) is 1.52. The van der Waals surface area contributed by atoms with Gasteiger partial charge in [-0.05, 0) is 42.9 Å². The molecule has 2 aromatic rings. The van der Waals surface area contributed by atoms with Crippen LogP contribution in [-0.4, -0.2) is 16.0 Å². The molecule has 0 aliphatic rings. The van der Waals surface area contributed by atoms with E-state index in [2.05, 4.69) is 15.6 Å².